The minimum absolute atomic E-state index is 0.0585. The zero-order valence-electron chi connectivity index (χ0n) is 15.5. The Morgan fingerprint density at radius 2 is 0.952 bits per heavy atom. The van der Waals surface area contributed by atoms with Gasteiger partial charge < -0.3 is 0 Å². The van der Waals surface area contributed by atoms with E-state index in [1.54, 1.807) is 0 Å². The molecule has 0 bridgehead atoms. The van der Waals surface area contributed by atoms with E-state index in [-0.39, 0.29) is 21.9 Å². The van der Waals surface area contributed by atoms with Crippen molar-refractivity contribution in [3.8, 4) is 0 Å². The maximum absolute atomic E-state index is 6.50. The second kappa shape index (κ2) is 5.21. The Morgan fingerprint density at radius 3 is 1.29 bits per heavy atom. The molecule has 0 N–H and O–H groups in total. The third-order valence-corrected chi connectivity index (χ3v) is 7.08. The molecule has 0 aromatic rings. The summed E-state index contributed by atoms with van der Waals surface area (Å²) < 4.78 is 0. The van der Waals surface area contributed by atoms with E-state index < -0.39 is 0 Å². The molecular weight excluding hydrogens is 260 g/mol. The van der Waals surface area contributed by atoms with Crippen LogP contribution in [0.25, 0.3) is 0 Å². The monoisotopic (exact) mass is 296 g/mol. The van der Waals surface area contributed by atoms with Crippen LogP contribution in [-0.4, -0.2) is 34.3 Å². The third kappa shape index (κ3) is 2.77. The van der Waals surface area contributed by atoms with Crippen LogP contribution in [0.3, 0.4) is 0 Å². The highest BCUT2D eigenvalue weighted by atomic mass is 16.8. The van der Waals surface area contributed by atoms with Gasteiger partial charge in [0.1, 0.15) is 0 Å². The molecule has 3 heteroatoms. The predicted molar refractivity (Wildman–Crippen MR) is 88.7 cm³/mol. The smallest absolute Gasteiger partial charge is 0.0476 e. The van der Waals surface area contributed by atoms with E-state index >= 15 is 0 Å². The molecule has 124 valence electrons. The Morgan fingerprint density at radius 1 is 0.619 bits per heavy atom. The molecular formula is C18H36N2O. The molecule has 0 aromatic heterocycles. The third-order valence-electron chi connectivity index (χ3n) is 7.08. The van der Waals surface area contributed by atoms with Crippen LogP contribution in [-0.2, 0) is 4.94 Å². The molecule has 0 aromatic carbocycles. The Hall–Kier alpha value is -0.120. The summed E-state index contributed by atoms with van der Waals surface area (Å²) >= 11 is 0. The highest BCUT2D eigenvalue weighted by Crippen LogP contribution is 2.47. The van der Waals surface area contributed by atoms with E-state index in [4.69, 9.17) is 4.94 Å². The molecule has 2 heterocycles. The predicted octanol–water partition coefficient (Wildman–Crippen LogP) is 4.63. The second-order valence-corrected chi connectivity index (χ2v) is 9.38. The first-order valence-electron chi connectivity index (χ1n) is 8.65. The summed E-state index contributed by atoms with van der Waals surface area (Å²) in [5.74, 6) is 0. The maximum Gasteiger partial charge on any atom is 0.0476 e. The molecule has 0 amide bonds. The van der Waals surface area contributed by atoms with Gasteiger partial charge in [-0.05, 0) is 64.2 Å². The second-order valence-electron chi connectivity index (χ2n) is 9.38. The molecule has 2 saturated heterocycles. The lowest BCUT2D eigenvalue weighted by Crippen LogP contribution is -2.64. The quantitative estimate of drug-likeness (QED) is 0.738. The SMILES string of the molecule is CC1(C)CCCN(ON2CCCC(C)(C)C2(C)C)C1(C)C. The van der Waals surface area contributed by atoms with E-state index in [0.29, 0.717) is 0 Å². The fraction of sp³-hybridized carbons (Fsp3) is 1.00. The van der Waals surface area contributed by atoms with Crippen LogP contribution in [0.4, 0.5) is 0 Å². The average molecular weight is 296 g/mol. The van der Waals surface area contributed by atoms with Crippen molar-refractivity contribution < 1.29 is 4.94 Å². The number of rotatable bonds is 2. The van der Waals surface area contributed by atoms with Crippen molar-refractivity contribution in [1.29, 1.82) is 0 Å². The van der Waals surface area contributed by atoms with Gasteiger partial charge in [-0.15, -0.1) is 0 Å². The summed E-state index contributed by atoms with van der Waals surface area (Å²) in [7, 11) is 0. The zero-order chi connectivity index (χ0) is 16.1. The lowest BCUT2D eigenvalue weighted by molar-refractivity contribution is -0.413. The van der Waals surface area contributed by atoms with Crippen molar-refractivity contribution in [3.63, 3.8) is 0 Å². The zero-order valence-corrected chi connectivity index (χ0v) is 15.5. The first-order chi connectivity index (χ1) is 9.42. The molecule has 2 fully saturated rings. The van der Waals surface area contributed by atoms with Crippen LogP contribution < -0.4 is 0 Å². The van der Waals surface area contributed by atoms with Crippen LogP contribution >= 0.6 is 0 Å². The van der Waals surface area contributed by atoms with E-state index in [1.165, 1.54) is 25.7 Å². The standard InChI is InChI=1S/C18H36N2O/c1-15(2)11-9-13-19(17(15,5)6)21-20-14-10-12-16(3,4)18(20,7)8/h9-14H2,1-8H3. The first-order valence-corrected chi connectivity index (χ1v) is 8.65. The van der Waals surface area contributed by atoms with E-state index in [2.05, 4.69) is 65.5 Å². The van der Waals surface area contributed by atoms with Crippen molar-refractivity contribution in [2.24, 2.45) is 10.8 Å². The molecule has 2 rings (SSSR count). The van der Waals surface area contributed by atoms with Crippen molar-refractivity contribution in [3.05, 3.63) is 0 Å². The molecule has 0 saturated carbocycles. The van der Waals surface area contributed by atoms with Crippen LogP contribution in [0, 0.1) is 10.8 Å². The van der Waals surface area contributed by atoms with Crippen molar-refractivity contribution in [2.75, 3.05) is 13.1 Å². The summed E-state index contributed by atoms with van der Waals surface area (Å²) in [6.45, 7) is 20.8. The van der Waals surface area contributed by atoms with Gasteiger partial charge in [0.25, 0.3) is 0 Å². The van der Waals surface area contributed by atoms with Crippen LogP contribution in [0.5, 0.6) is 0 Å². The average Bonchev–Trinajstić information content (AvgIpc) is 2.31. The van der Waals surface area contributed by atoms with Crippen molar-refractivity contribution >= 4 is 0 Å². The minimum Gasteiger partial charge on any atom is -0.207 e. The van der Waals surface area contributed by atoms with Crippen molar-refractivity contribution in [1.82, 2.24) is 10.1 Å². The molecule has 3 nitrogen and oxygen atoms in total. The van der Waals surface area contributed by atoms with Crippen LogP contribution in [0.15, 0.2) is 0 Å². The van der Waals surface area contributed by atoms with Crippen LogP contribution in [0.1, 0.15) is 81.1 Å². The highest BCUT2D eigenvalue weighted by molar-refractivity contribution is 4.98. The summed E-state index contributed by atoms with van der Waals surface area (Å²) in [6, 6.07) is 0. The molecule has 0 atom stereocenters. The minimum atomic E-state index is 0.0585. The van der Waals surface area contributed by atoms with E-state index in [0.717, 1.165) is 13.1 Å². The molecule has 21 heavy (non-hydrogen) atoms. The lowest BCUT2D eigenvalue weighted by Gasteiger charge is -2.57. The number of hydrogen-bond donors (Lipinski definition) is 0. The highest BCUT2D eigenvalue weighted by Gasteiger charge is 2.50. The summed E-state index contributed by atoms with van der Waals surface area (Å²) in [5.41, 5.74) is 0.674. The van der Waals surface area contributed by atoms with Gasteiger partial charge in [0.2, 0.25) is 0 Å². The fourth-order valence-corrected chi connectivity index (χ4v) is 3.58. The number of nitrogens with zero attached hydrogens (tertiary/aromatic N) is 2. The van der Waals surface area contributed by atoms with Gasteiger partial charge in [-0.3, -0.25) is 0 Å². The van der Waals surface area contributed by atoms with Gasteiger partial charge in [-0.1, -0.05) is 27.7 Å². The topological polar surface area (TPSA) is 15.7 Å². The number of hydrogen-bond acceptors (Lipinski definition) is 3. The Balaban J connectivity index is 2.17. The first kappa shape index (κ1) is 17.2. The lowest BCUT2D eigenvalue weighted by atomic mass is 9.68. The van der Waals surface area contributed by atoms with Crippen LogP contribution in [0.2, 0.25) is 0 Å². The van der Waals surface area contributed by atoms with Gasteiger partial charge in [0, 0.05) is 24.2 Å². The van der Waals surface area contributed by atoms with E-state index in [9.17, 15) is 0 Å². The van der Waals surface area contributed by atoms with Gasteiger partial charge in [-0.2, -0.15) is 10.1 Å². The van der Waals surface area contributed by atoms with E-state index in [1.807, 2.05) is 0 Å². The molecule has 0 aliphatic carbocycles. The van der Waals surface area contributed by atoms with Gasteiger partial charge in [0.05, 0.1) is 0 Å². The molecule has 0 unspecified atom stereocenters. The molecule has 0 spiro atoms. The normalized spacial score (nSPS) is 32.0. The number of piperidine rings is 2. The van der Waals surface area contributed by atoms with Crippen molar-refractivity contribution in [2.45, 2.75) is 92.2 Å². The van der Waals surface area contributed by atoms with Gasteiger partial charge in [0.15, 0.2) is 0 Å². The Labute approximate surface area is 131 Å². The fourth-order valence-electron chi connectivity index (χ4n) is 3.58. The molecule has 0 radical (unpaired) electrons. The summed E-state index contributed by atoms with van der Waals surface area (Å²) in [4.78, 5) is 6.50. The Kier molecular flexibility index (Phi) is 4.28. The summed E-state index contributed by atoms with van der Waals surface area (Å²) in [6.07, 6.45) is 4.98. The largest absolute Gasteiger partial charge is 0.207 e. The van der Waals surface area contributed by atoms with Gasteiger partial charge in [-0.25, -0.2) is 4.94 Å². The molecule has 2 aliphatic rings. The molecule has 2 aliphatic heterocycles. The summed E-state index contributed by atoms with van der Waals surface area (Å²) in [5, 5.41) is 4.50. The van der Waals surface area contributed by atoms with Gasteiger partial charge >= 0.3 is 0 Å². The maximum atomic E-state index is 6.50. The Bertz CT molecular complexity index is 349. The number of hydroxylamine groups is 4.